The van der Waals surface area contributed by atoms with E-state index in [-0.39, 0.29) is 0 Å². The Morgan fingerprint density at radius 3 is 1.32 bits per heavy atom. The van der Waals surface area contributed by atoms with Crippen molar-refractivity contribution in [3.8, 4) is 0 Å². The Morgan fingerprint density at radius 2 is 0.947 bits per heavy atom. The molecule has 5 rings (SSSR count). The van der Waals surface area contributed by atoms with E-state index in [0.29, 0.717) is 0 Å². The Hall–Kier alpha value is -2.05. The first-order valence-corrected chi connectivity index (χ1v) is 16.1. The maximum absolute atomic E-state index is 7.17. The summed E-state index contributed by atoms with van der Waals surface area (Å²) in [4.78, 5) is 4.72. The van der Waals surface area contributed by atoms with E-state index in [1.807, 2.05) is 22.7 Å². The largest absolute Gasteiger partial charge is 0.372 e. The second-order valence-corrected chi connectivity index (χ2v) is 12.5. The molecule has 0 unspecified atom stereocenters. The highest BCUT2D eigenvalue weighted by Crippen LogP contribution is 2.48. The monoisotopic (exact) mass is 584 g/mol. The third kappa shape index (κ3) is 4.56. The number of hydrogen-bond donors (Lipinski definition) is 0. The van der Waals surface area contributed by atoms with Gasteiger partial charge >= 0.3 is 0 Å². The van der Waals surface area contributed by atoms with Crippen LogP contribution >= 0.6 is 45.9 Å². The van der Waals surface area contributed by atoms with Crippen LogP contribution in [0.25, 0.3) is 40.3 Å². The highest BCUT2D eigenvalue weighted by atomic mass is 35.5. The van der Waals surface area contributed by atoms with Crippen LogP contribution in [0.2, 0.25) is 10.0 Å². The fraction of sp³-hybridized carbons (Fsp3) is 0.387. The number of nitrogens with zero attached hydrogens (tertiary/aromatic N) is 3. The molecule has 0 spiro atoms. The summed E-state index contributed by atoms with van der Waals surface area (Å²) in [6, 6.07) is 13.6. The van der Waals surface area contributed by atoms with Gasteiger partial charge in [0, 0.05) is 90.0 Å². The van der Waals surface area contributed by atoms with E-state index in [0.717, 1.165) is 60.1 Å². The van der Waals surface area contributed by atoms with E-state index in [4.69, 9.17) is 23.2 Å². The zero-order valence-corrected chi connectivity index (χ0v) is 26.3. The standard InChI is InChI=1S/C31H36Cl2N3S2/c1-7-34(8-2)19-13-22(32)28-24(15-19)37-26-17-21(36(11-5)12-6)18-27-30(26)31(28)29-23(33)14-20(16-25(29)38-27)35(9-3)10-4/h13-18H,7-12H2,1-6H3/q+1. The molecule has 5 aromatic rings. The van der Waals surface area contributed by atoms with Crippen LogP contribution in [-0.4, -0.2) is 39.3 Å². The molecular weight excluding hydrogens is 549 g/mol. The van der Waals surface area contributed by atoms with Crippen LogP contribution in [0.15, 0.2) is 36.4 Å². The molecule has 0 saturated carbocycles. The Bertz CT molecular complexity index is 1610. The molecule has 0 radical (unpaired) electrons. The third-order valence-electron chi connectivity index (χ3n) is 7.70. The van der Waals surface area contributed by atoms with Crippen LogP contribution in [0.5, 0.6) is 0 Å². The number of fused-ring (bicyclic) bond motifs is 4. The maximum atomic E-state index is 7.17. The topological polar surface area (TPSA) is 9.49 Å². The minimum atomic E-state index is 0.790. The molecule has 3 nitrogen and oxygen atoms in total. The smallest absolute Gasteiger partial charge is 0.202 e. The molecule has 0 aliphatic heterocycles. The van der Waals surface area contributed by atoms with Crippen molar-refractivity contribution in [3.05, 3.63) is 51.8 Å². The predicted octanol–water partition coefficient (Wildman–Crippen LogP) is 9.23. The normalized spacial score (nSPS) is 11.8. The van der Waals surface area contributed by atoms with Gasteiger partial charge in [0.2, 0.25) is 5.36 Å². The first-order chi connectivity index (χ1) is 18.4. The minimum Gasteiger partial charge on any atom is -0.372 e. The lowest BCUT2D eigenvalue weighted by atomic mass is 10.0. The van der Waals surface area contributed by atoms with Crippen molar-refractivity contribution in [2.75, 3.05) is 49.1 Å². The molecule has 0 saturated heterocycles. The fourth-order valence-electron chi connectivity index (χ4n) is 5.69. The summed E-state index contributed by atoms with van der Waals surface area (Å²) in [5, 5.41) is 7.51. The van der Waals surface area contributed by atoms with Gasteiger partial charge in [0.1, 0.15) is 13.1 Å². The van der Waals surface area contributed by atoms with Crippen molar-refractivity contribution < 1.29 is 0 Å². The summed E-state index contributed by atoms with van der Waals surface area (Å²) in [5.41, 5.74) is 2.34. The molecule has 200 valence electrons. The average Bonchev–Trinajstić information content (AvgIpc) is 2.90. The van der Waals surface area contributed by atoms with Crippen molar-refractivity contribution in [1.29, 1.82) is 0 Å². The van der Waals surface area contributed by atoms with Crippen LogP contribution in [0.4, 0.5) is 11.4 Å². The first kappa shape index (κ1) is 27.5. The molecule has 3 aromatic carbocycles. The summed E-state index contributed by atoms with van der Waals surface area (Å²) >= 11 is 18.0. The Morgan fingerprint density at radius 1 is 0.553 bits per heavy atom. The van der Waals surface area contributed by atoms with E-state index in [9.17, 15) is 0 Å². The van der Waals surface area contributed by atoms with Gasteiger partial charge in [-0.25, -0.2) is 4.58 Å². The van der Waals surface area contributed by atoms with E-state index in [2.05, 4.69) is 92.3 Å². The predicted molar refractivity (Wildman–Crippen MR) is 176 cm³/mol. The van der Waals surface area contributed by atoms with Crippen LogP contribution in [0.1, 0.15) is 41.5 Å². The van der Waals surface area contributed by atoms with Crippen LogP contribution < -0.4 is 19.7 Å². The van der Waals surface area contributed by atoms with Crippen molar-refractivity contribution in [1.82, 2.24) is 4.58 Å². The lowest BCUT2D eigenvalue weighted by molar-refractivity contribution is 0.627. The molecule has 0 aliphatic rings. The van der Waals surface area contributed by atoms with Gasteiger partial charge in [0.05, 0.1) is 10.0 Å². The molecule has 0 amide bonds. The number of rotatable bonds is 8. The SMILES string of the molecule is CCN(CC)c1cc(Cl)c2c(c1)sc1cc(=[N+](CC)CC)cc3sc4cc(N(CC)CC)cc(Cl)c4c2c13. The van der Waals surface area contributed by atoms with E-state index in [1.54, 1.807) is 0 Å². The summed E-state index contributed by atoms with van der Waals surface area (Å²) in [6.07, 6.45) is 0. The molecule has 0 aliphatic carbocycles. The van der Waals surface area contributed by atoms with E-state index >= 15 is 0 Å². The van der Waals surface area contributed by atoms with Gasteiger partial charge in [-0.05, 0) is 65.8 Å². The lowest BCUT2D eigenvalue weighted by Gasteiger charge is -2.23. The van der Waals surface area contributed by atoms with Crippen LogP contribution in [0.3, 0.4) is 0 Å². The zero-order valence-electron chi connectivity index (χ0n) is 23.1. The van der Waals surface area contributed by atoms with Crippen molar-refractivity contribution in [3.63, 3.8) is 0 Å². The molecule has 38 heavy (non-hydrogen) atoms. The van der Waals surface area contributed by atoms with E-state index < -0.39 is 0 Å². The molecule has 0 N–H and O–H groups in total. The van der Waals surface area contributed by atoms with Crippen LogP contribution in [0, 0.1) is 0 Å². The number of halogens is 2. The van der Waals surface area contributed by atoms with Gasteiger partial charge in [-0.1, -0.05) is 23.2 Å². The van der Waals surface area contributed by atoms with Crippen molar-refractivity contribution in [2.45, 2.75) is 41.5 Å². The Kier molecular flexibility index (Phi) is 8.12. The molecule has 2 heterocycles. The van der Waals surface area contributed by atoms with Crippen molar-refractivity contribution in [2.24, 2.45) is 0 Å². The number of benzene rings is 3. The molecule has 2 aromatic heterocycles. The van der Waals surface area contributed by atoms with Crippen LogP contribution in [-0.2, 0) is 0 Å². The quantitative estimate of drug-likeness (QED) is 0.102. The fourth-order valence-corrected chi connectivity index (χ4v) is 8.93. The lowest BCUT2D eigenvalue weighted by Crippen LogP contribution is -2.29. The summed E-state index contributed by atoms with van der Waals surface area (Å²) < 4.78 is 7.39. The Labute approximate surface area is 243 Å². The van der Waals surface area contributed by atoms with Gasteiger partial charge in [-0.3, -0.25) is 0 Å². The van der Waals surface area contributed by atoms with E-state index in [1.165, 1.54) is 46.3 Å². The summed E-state index contributed by atoms with van der Waals surface area (Å²) in [5.74, 6) is 0. The van der Waals surface area contributed by atoms with Gasteiger partial charge < -0.3 is 9.80 Å². The minimum absolute atomic E-state index is 0.790. The number of anilines is 2. The molecule has 7 heteroatoms. The molecule has 0 atom stereocenters. The highest BCUT2D eigenvalue weighted by molar-refractivity contribution is 7.28. The summed E-state index contributed by atoms with van der Waals surface area (Å²) in [7, 11) is 0. The van der Waals surface area contributed by atoms with Gasteiger partial charge in [0.25, 0.3) is 0 Å². The molecule has 0 bridgehead atoms. The average molecular weight is 586 g/mol. The summed E-state index contributed by atoms with van der Waals surface area (Å²) in [6.45, 7) is 18.9. The van der Waals surface area contributed by atoms with Gasteiger partial charge in [-0.15, -0.1) is 22.7 Å². The maximum Gasteiger partial charge on any atom is 0.202 e. The van der Waals surface area contributed by atoms with Gasteiger partial charge in [-0.2, -0.15) is 0 Å². The second-order valence-electron chi connectivity index (χ2n) is 9.51. The number of hydrogen-bond acceptors (Lipinski definition) is 4. The van der Waals surface area contributed by atoms with Crippen molar-refractivity contribution >= 4 is 97.6 Å². The molecule has 0 fully saturated rings. The first-order valence-electron chi connectivity index (χ1n) is 13.7. The third-order valence-corrected chi connectivity index (χ3v) is 10.5. The Balaban J connectivity index is 2.03. The molecular formula is C31H36Cl2N3S2+. The zero-order chi connectivity index (χ0) is 27.1. The van der Waals surface area contributed by atoms with Gasteiger partial charge in [0.15, 0.2) is 0 Å². The second kappa shape index (κ2) is 11.2. The highest BCUT2D eigenvalue weighted by Gasteiger charge is 2.20.